The number of phosphoric acid groups is 1. The molecule has 14 heteroatoms. The third-order valence-electron chi connectivity index (χ3n) is 4.20. The molecule has 0 saturated carbocycles. The number of aliphatic hydroxyl groups excluding tert-OH is 2. The Morgan fingerprint density at radius 1 is 1.35 bits per heavy atom. The number of anilines is 1. The first-order valence-electron chi connectivity index (χ1n) is 7.57. The van der Waals surface area contributed by atoms with E-state index in [9.17, 15) is 14.8 Å². The SMILES string of the molecule is NCC[C@@]1(n2cnc3c(N)ncnc32)O[C@H](COP(=O)(O)O)[C@@H](O)[C@H]1O. The summed E-state index contributed by atoms with van der Waals surface area (Å²) in [6.07, 6.45) is -1.64. The van der Waals surface area contributed by atoms with Crippen molar-refractivity contribution in [3.63, 3.8) is 0 Å². The predicted octanol–water partition coefficient (Wildman–Crippen LogP) is -2.36. The van der Waals surface area contributed by atoms with E-state index in [1.54, 1.807) is 0 Å². The maximum Gasteiger partial charge on any atom is 0.469 e. The summed E-state index contributed by atoms with van der Waals surface area (Å²) < 4.78 is 22.5. The van der Waals surface area contributed by atoms with Crippen LogP contribution in [0.2, 0.25) is 0 Å². The molecule has 0 aliphatic carbocycles. The van der Waals surface area contributed by atoms with Gasteiger partial charge in [0, 0.05) is 6.42 Å². The highest BCUT2D eigenvalue weighted by Crippen LogP contribution is 2.42. The minimum absolute atomic E-state index is 0.0486. The number of fused-ring (bicyclic) bond motifs is 1. The summed E-state index contributed by atoms with van der Waals surface area (Å²) in [4.78, 5) is 29.7. The van der Waals surface area contributed by atoms with Crippen LogP contribution in [0.5, 0.6) is 0 Å². The second-order valence-corrected chi connectivity index (χ2v) is 7.05. The first kappa shape index (κ1) is 19.1. The number of imidazole rings is 1. The van der Waals surface area contributed by atoms with Gasteiger partial charge in [0.2, 0.25) is 0 Å². The van der Waals surface area contributed by atoms with Crippen molar-refractivity contribution in [3.05, 3.63) is 12.7 Å². The number of nitrogens with two attached hydrogens (primary N) is 2. The Morgan fingerprint density at radius 2 is 2.08 bits per heavy atom. The van der Waals surface area contributed by atoms with Gasteiger partial charge in [0.15, 0.2) is 17.2 Å². The van der Waals surface area contributed by atoms with Crippen LogP contribution >= 0.6 is 7.82 Å². The van der Waals surface area contributed by atoms with Gasteiger partial charge in [-0.3, -0.25) is 9.09 Å². The highest BCUT2D eigenvalue weighted by Gasteiger charge is 2.56. The van der Waals surface area contributed by atoms with Gasteiger partial charge in [-0.05, 0) is 6.54 Å². The second-order valence-electron chi connectivity index (χ2n) is 5.81. The van der Waals surface area contributed by atoms with Gasteiger partial charge in [-0.2, -0.15) is 0 Å². The molecule has 1 aliphatic heterocycles. The van der Waals surface area contributed by atoms with Crippen LogP contribution in [-0.4, -0.2) is 71.0 Å². The molecular formula is C12H19N6O7P. The van der Waals surface area contributed by atoms with Crippen molar-refractivity contribution in [2.24, 2.45) is 5.73 Å². The van der Waals surface area contributed by atoms with E-state index >= 15 is 0 Å². The number of nitrogen functional groups attached to an aromatic ring is 1. The van der Waals surface area contributed by atoms with Gasteiger partial charge in [-0.15, -0.1) is 0 Å². The Balaban J connectivity index is 2.02. The molecule has 26 heavy (non-hydrogen) atoms. The van der Waals surface area contributed by atoms with Gasteiger partial charge in [0.1, 0.15) is 30.2 Å². The van der Waals surface area contributed by atoms with Crippen molar-refractivity contribution in [2.45, 2.75) is 30.5 Å². The van der Waals surface area contributed by atoms with Crippen molar-refractivity contribution in [2.75, 3.05) is 18.9 Å². The first-order valence-corrected chi connectivity index (χ1v) is 9.11. The molecular weight excluding hydrogens is 371 g/mol. The molecule has 0 aromatic carbocycles. The highest BCUT2D eigenvalue weighted by atomic mass is 31.2. The molecule has 0 radical (unpaired) electrons. The molecule has 8 N–H and O–H groups in total. The highest BCUT2D eigenvalue weighted by molar-refractivity contribution is 7.46. The predicted molar refractivity (Wildman–Crippen MR) is 86.3 cm³/mol. The number of rotatable bonds is 6. The molecule has 1 fully saturated rings. The monoisotopic (exact) mass is 390 g/mol. The van der Waals surface area contributed by atoms with Crippen LogP contribution in [0.1, 0.15) is 6.42 Å². The quantitative estimate of drug-likeness (QED) is 0.286. The summed E-state index contributed by atoms with van der Waals surface area (Å²) in [7, 11) is -4.78. The lowest BCUT2D eigenvalue weighted by Gasteiger charge is -2.33. The van der Waals surface area contributed by atoms with Crippen molar-refractivity contribution in [1.29, 1.82) is 0 Å². The van der Waals surface area contributed by atoms with E-state index in [1.165, 1.54) is 17.2 Å². The number of hydrogen-bond acceptors (Lipinski definition) is 10. The van der Waals surface area contributed by atoms with Crippen LogP contribution in [-0.2, 0) is 19.6 Å². The number of ether oxygens (including phenoxy) is 1. The molecule has 1 saturated heterocycles. The lowest BCUT2D eigenvalue weighted by molar-refractivity contribution is -0.148. The fourth-order valence-electron chi connectivity index (χ4n) is 3.04. The zero-order valence-electron chi connectivity index (χ0n) is 13.4. The van der Waals surface area contributed by atoms with E-state index in [-0.39, 0.29) is 29.9 Å². The van der Waals surface area contributed by atoms with Gasteiger partial charge in [0.05, 0.1) is 12.9 Å². The minimum Gasteiger partial charge on any atom is -0.387 e. The van der Waals surface area contributed by atoms with E-state index in [4.69, 9.17) is 26.0 Å². The molecule has 3 heterocycles. The summed E-state index contributed by atoms with van der Waals surface area (Å²) in [5.41, 5.74) is 10.3. The smallest absolute Gasteiger partial charge is 0.387 e. The summed E-state index contributed by atoms with van der Waals surface area (Å²) >= 11 is 0. The van der Waals surface area contributed by atoms with Crippen LogP contribution in [0, 0.1) is 0 Å². The normalized spacial score (nSPS) is 29.5. The fourth-order valence-corrected chi connectivity index (χ4v) is 3.38. The van der Waals surface area contributed by atoms with E-state index in [0.717, 1.165) is 0 Å². The molecule has 2 aromatic rings. The van der Waals surface area contributed by atoms with Crippen LogP contribution in [0.15, 0.2) is 12.7 Å². The standard InChI is InChI=1S/C12H19N6O7P/c13-2-1-12(18-5-17-7-10(14)15-4-16-11(7)18)9(20)8(19)6(25-12)3-24-26(21,22)23/h4-6,8-9,19-20H,1-3,13H2,(H2,14,15,16)(H2,21,22,23)/t6-,8-,9-,12-/m1/s1. The molecule has 0 bridgehead atoms. The summed E-state index contributed by atoms with van der Waals surface area (Å²) in [6.45, 7) is -0.575. The van der Waals surface area contributed by atoms with Crippen molar-refractivity contribution < 1.29 is 33.8 Å². The zero-order chi connectivity index (χ0) is 19.1. The van der Waals surface area contributed by atoms with E-state index < -0.39 is 38.5 Å². The third-order valence-corrected chi connectivity index (χ3v) is 4.69. The molecule has 0 spiro atoms. The van der Waals surface area contributed by atoms with Gasteiger partial charge < -0.3 is 36.2 Å². The topological polar surface area (TPSA) is 212 Å². The average Bonchev–Trinajstić information content (AvgIpc) is 3.10. The van der Waals surface area contributed by atoms with Crippen LogP contribution < -0.4 is 11.5 Å². The van der Waals surface area contributed by atoms with Crippen molar-refractivity contribution in [3.8, 4) is 0 Å². The Labute approximate surface area is 146 Å². The first-order chi connectivity index (χ1) is 12.2. The number of aliphatic hydroxyl groups is 2. The summed E-state index contributed by atoms with van der Waals surface area (Å²) in [6, 6.07) is 0. The van der Waals surface area contributed by atoms with E-state index in [1.807, 2.05) is 0 Å². The fraction of sp³-hybridized carbons (Fsp3) is 0.583. The van der Waals surface area contributed by atoms with Crippen LogP contribution in [0.25, 0.3) is 11.2 Å². The Kier molecular flexibility index (Phi) is 4.98. The third kappa shape index (κ3) is 3.19. The number of nitrogens with zero attached hydrogens (tertiary/aromatic N) is 4. The van der Waals surface area contributed by atoms with E-state index in [2.05, 4.69) is 19.5 Å². The molecule has 13 nitrogen and oxygen atoms in total. The lowest BCUT2D eigenvalue weighted by Crippen LogP contribution is -2.46. The number of aromatic nitrogens is 4. The maximum absolute atomic E-state index is 10.9. The van der Waals surface area contributed by atoms with E-state index in [0.29, 0.717) is 0 Å². The van der Waals surface area contributed by atoms with Gasteiger partial charge in [0.25, 0.3) is 0 Å². The number of hydrogen-bond donors (Lipinski definition) is 6. The average molecular weight is 390 g/mol. The van der Waals surface area contributed by atoms with Crippen molar-refractivity contribution in [1.82, 2.24) is 19.5 Å². The van der Waals surface area contributed by atoms with Gasteiger partial charge in [-0.1, -0.05) is 0 Å². The molecule has 144 valence electrons. The lowest BCUT2D eigenvalue weighted by atomic mass is 9.99. The molecule has 0 unspecified atom stereocenters. The molecule has 2 aromatic heterocycles. The maximum atomic E-state index is 10.9. The zero-order valence-corrected chi connectivity index (χ0v) is 14.3. The molecule has 3 rings (SSSR count). The summed E-state index contributed by atoms with van der Waals surface area (Å²) in [5, 5.41) is 20.9. The van der Waals surface area contributed by atoms with Crippen LogP contribution in [0.4, 0.5) is 5.82 Å². The van der Waals surface area contributed by atoms with Gasteiger partial charge in [-0.25, -0.2) is 19.5 Å². The number of phosphoric ester groups is 1. The Hall–Kier alpha value is -1.70. The minimum atomic E-state index is -4.78. The Bertz CT molecular complexity index is 843. The molecule has 1 aliphatic rings. The summed E-state index contributed by atoms with van der Waals surface area (Å²) in [5.74, 6) is 0.117. The van der Waals surface area contributed by atoms with Crippen molar-refractivity contribution >= 4 is 24.8 Å². The second kappa shape index (κ2) is 6.79. The van der Waals surface area contributed by atoms with Crippen LogP contribution in [0.3, 0.4) is 0 Å². The Morgan fingerprint density at radius 3 is 2.73 bits per heavy atom. The molecule has 4 atom stereocenters. The molecule has 0 amide bonds. The van der Waals surface area contributed by atoms with Gasteiger partial charge >= 0.3 is 7.82 Å². The largest absolute Gasteiger partial charge is 0.469 e.